The van der Waals surface area contributed by atoms with E-state index in [1.54, 1.807) is 0 Å². The Morgan fingerprint density at radius 3 is 2.26 bits per heavy atom. The van der Waals surface area contributed by atoms with Crippen molar-refractivity contribution in [2.75, 3.05) is 16.4 Å². The number of hydrogen-bond donors (Lipinski definition) is 2. The summed E-state index contributed by atoms with van der Waals surface area (Å²) in [5.41, 5.74) is 2.79. The minimum Gasteiger partial charge on any atom is -0.326 e. The number of benzene rings is 2. The van der Waals surface area contributed by atoms with E-state index in [9.17, 15) is 9.59 Å². The number of para-hydroxylation sites is 1. The van der Waals surface area contributed by atoms with Gasteiger partial charge in [0.2, 0.25) is 11.8 Å². The van der Waals surface area contributed by atoms with Crippen molar-refractivity contribution in [2.24, 2.45) is 0 Å². The average molecular weight is 438 g/mol. The summed E-state index contributed by atoms with van der Waals surface area (Å²) in [7, 11) is 0. The van der Waals surface area contributed by atoms with Gasteiger partial charge in [-0.1, -0.05) is 49.0 Å². The fraction of sp³-hybridized carbons (Fsp3) is 0.304. The molecule has 0 radical (unpaired) electrons. The monoisotopic (exact) mass is 437 g/mol. The lowest BCUT2D eigenvalue weighted by atomic mass is 10.1. The van der Waals surface area contributed by atoms with E-state index in [0.29, 0.717) is 24.5 Å². The van der Waals surface area contributed by atoms with Gasteiger partial charge in [0.15, 0.2) is 5.16 Å². The van der Waals surface area contributed by atoms with Crippen LogP contribution in [0.1, 0.15) is 31.7 Å². The zero-order valence-electron chi connectivity index (χ0n) is 17.8. The molecule has 0 fully saturated rings. The van der Waals surface area contributed by atoms with Gasteiger partial charge in [-0.05, 0) is 43.2 Å². The summed E-state index contributed by atoms with van der Waals surface area (Å²) in [6.07, 6.45) is 1.76. The van der Waals surface area contributed by atoms with Crippen LogP contribution >= 0.6 is 11.8 Å². The Hall–Kier alpha value is -3.13. The Morgan fingerprint density at radius 2 is 1.58 bits per heavy atom. The molecule has 8 heteroatoms. The van der Waals surface area contributed by atoms with Gasteiger partial charge in [-0.3, -0.25) is 9.59 Å². The van der Waals surface area contributed by atoms with E-state index in [4.69, 9.17) is 0 Å². The summed E-state index contributed by atoms with van der Waals surface area (Å²) in [5, 5.41) is 14.9. The van der Waals surface area contributed by atoms with Gasteiger partial charge in [-0.15, -0.1) is 10.2 Å². The van der Waals surface area contributed by atoms with Crippen LogP contribution in [0.15, 0.2) is 59.8 Å². The van der Waals surface area contributed by atoms with E-state index in [1.165, 1.54) is 17.3 Å². The Kier molecular flexibility index (Phi) is 8.23. The van der Waals surface area contributed by atoms with Gasteiger partial charge >= 0.3 is 0 Å². The summed E-state index contributed by atoms with van der Waals surface area (Å²) in [6.45, 7) is 4.76. The van der Waals surface area contributed by atoms with Crippen LogP contribution in [0.3, 0.4) is 0 Å². The second-order valence-electron chi connectivity index (χ2n) is 6.94. The number of carbonyl (C=O) groups is 2. The van der Waals surface area contributed by atoms with Crippen molar-refractivity contribution in [3.8, 4) is 0 Å². The standard InChI is InChI=1S/C23H27N5O2S/c1-3-17-10-12-19(13-11-17)25-22(30)16-31-23-27-26-20(28(23)4-2)14-15-21(29)24-18-8-6-5-7-9-18/h5-13H,3-4,14-16H2,1-2H3,(H,24,29)(H,25,30). The van der Waals surface area contributed by atoms with Crippen molar-refractivity contribution in [2.45, 2.75) is 44.8 Å². The maximum Gasteiger partial charge on any atom is 0.234 e. The van der Waals surface area contributed by atoms with Crippen molar-refractivity contribution in [1.82, 2.24) is 14.8 Å². The van der Waals surface area contributed by atoms with Gasteiger partial charge < -0.3 is 15.2 Å². The van der Waals surface area contributed by atoms with Crippen LogP contribution in [0.4, 0.5) is 11.4 Å². The molecule has 2 N–H and O–H groups in total. The minimum atomic E-state index is -0.0938. The van der Waals surface area contributed by atoms with Crippen LogP contribution in [0.5, 0.6) is 0 Å². The highest BCUT2D eigenvalue weighted by Gasteiger charge is 2.14. The first-order valence-corrected chi connectivity index (χ1v) is 11.4. The molecule has 0 saturated heterocycles. The zero-order valence-corrected chi connectivity index (χ0v) is 18.6. The maximum absolute atomic E-state index is 12.3. The first kappa shape index (κ1) is 22.6. The first-order chi connectivity index (χ1) is 15.1. The van der Waals surface area contributed by atoms with Gasteiger partial charge in [0.25, 0.3) is 0 Å². The fourth-order valence-corrected chi connectivity index (χ4v) is 3.87. The number of rotatable bonds is 10. The highest BCUT2D eigenvalue weighted by molar-refractivity contribution is 7.99. The molecule has 7 nitrogen and oxygen atoms in total. The number of aryl methyl sites for hydroxylation is 2. The Balaban J connectivity index is 1.50. The third-order valence-corrected chi connectivity index (χ3v) is 5.69. The van der Waals surface area contributed by atoms with Gasteiger partial charge in [0, 0.05) is 30.8 Å². The summed E-state index contributed by atoms with van der Waals surface area (Å²) in [4.78, 5) is 24.5. The molecule has 0 atom stereocenters. The van der Waals surface area contributed by atoms with Gasteiger partial charge in [-0.2, -0.15) is 0 Å². The van der Waals surface area contributed by atoms with Crippen molar-refractivity contribution < 1.29 is 9.59 Å². The van der Waals surface area contributed by atoms with Crippen molar-refractivity contribution in [1.29, 1.82) is 0 Å². The number of nitrogens with zero attached hydrogens (tertiary/aromatic N) is 3. The molecule has 3 aromatic rings. The van der Waals surface area contributed by atoms with Gasteiger partial charge in [-0.25, -0.2) is 0 Å². The fourth-order valence-electron chi connectivity index (χ4n) is 3.05. The topological polar surface area (TPSA) is 88.9 Å². The Morgan fingerprint density at radius 1 is 0.903 bits per heavy atom. The number of aromatic nitrogens is 3. The number of nitrogens with one attached hydrogen (secondary N) is 2. The minimum absolute atomic E-state index is 0.0699. The average Bonchev–Trinajstić information content (AvgIpc) is 3.19. The number of thioether (sulfide) groups is 1. The molecule has 1 aromatic heterocycles. The lowest BCUT2D eigenvalue weighted by Crippen LogP contribution is -2.15. The largest absolute Gasteiger partial charge is 0.326 e. The number of hydrogen-bond acceptors (Lipinski definition) is 5. The second kappa shape index (κ2) is 11.3. The molecule has 0 aliphatic heterocycles. The highest BCUT2D eigenvalue weighted by atomic mass is 32.2. The first-order valence-electron chi connectivity index (χ1n) is 10.4. The predicted molar refractivity (Wildman–Crippen MR) is 124 cm³/mol. The normalized spacial score (nSPS) is 10.6. The van der Waals surface area contributed by atoms with E-state index < -0.39 is 0 Å². The molecule has 0 aliphatic carbocycles. The van der Waals surface area contributed by atoms with Crippen LogP contribution in [-0.4, -0.2) is 32.3 Å². The second-order valence-corrected chi connectivity index (χ2v) is 7.89. The molecule has 0 aliphatic rings. The van der Waals surface area contributed by atoms with Crippen molar-refractivity contribution in [3.05, 3.63) is 66.0 Å². The Bertz CT molecular complexity index is 1000. The van der Waals surface area contributed by atoms with Crippen LogP contribution in [0.25, 0.3) is 0 Å². The maximum atomic E-state index is 12.3. The van der Waals surface area contributed by atoms with Crippen LogP contribution in [0, 0.1) is 0 Å². The van der Waals surface area contributed by atoms with E-state index in [0.717, 1.165) is 23.6 Å². The van der Waals surface area contributed by atoms with E-state index >= 15 is 0 Å². The van der Waals surface area contributed by atoms with Gasteiger partial charge in [0.1, 0.15) is 5.82 Å². The molecular formula is C23H27N5O2S. The molecule has 2 aromatic carbocycles. The summed E-state index contributed by atoms with van der Waals surface area (Å²) >= 11 is 1.34. The quantitative estimate of drug-likeness (QED) is 0.465. The van der Waals surface area contributed by atoms with Crippen LogP contribution in [-0.2, 0) is 29.0 Å². The number of carbonyl (C=O) groups excluding carboxylic acids is 2. The molecule has 31 heavy (non-hydrogen) atoms. The molecule has 162 valence electrons. The number of amides is 2. The predicted octanol–water partition coefficient (Wildman–Crippen LogP) is 4.16. The summed E-state index contributed by atoms with van der Waals surface area (Å²) < 4.78 is 1.95. The molecule has 0 spiro atoms. The summed E-state index contributed by atoms with van der Waals surface area (Å²) in [6, 6.07) is 17.2. The SMILES string of the molecule is CCc1ccc(NC(=O)CSc2nnc(CCC(=O)Nc3ccccc3)n2CC)cc1. The lowest BCUT2D eigenvalue weighted by molar-refractivity contribution is -0.116. The third kappa shape index (κ3) is 6.68. The molecule has 3 rings (SSSR count). The summed E-state index contributed by atoms with van der Waals surface area (Å²) in [5.74, 6) is 0.814. The smallest absolute Gasteiger partial charge is 0.234 e. The van der Waals surface area contributed by atoms with Crippen LogP contribution in [0.2, 0.25) is 0 Å². The third-order valence-electron chi connectivity index (χ3n) is 4.72. The molecule has 2 amide bonds. The van der Waals surface area contributed by atoms with Crippen molar-refractivity contribution >= 4 is 35.0 Å². The number of anilines is 2. The lowest BCUT2D eigenvalue weighted by Gasteiger charge is -2.08. The van der Waals surface area contributed by atoms with E-state index in [1.807, 2.05) is 66.1 Å². The highest BCUT2D eigenvalue weighted by Crippen LogP contribution is 2.19. The van der Waals surface area contributed by atoms with Crippen LogP contribution < -0.4 is 10.6 Å². The van der Waals surface area contributed by atoms with E-state index in [-0.39, 0.29) is 17.6 Å². The van der Waals surface area contributed by atoms with Gasteiger partial charge in [0.05, 0.1) is 5.75 Å². The van der Waals surface area contributed by atoms with E-state index in [2.05, 4.69) is 27.8 Å². The molecule has 0 bridgehead atoms. The van der Waals surface area contributed by atoms with Crippen molar-refractivity contribution in [3.63, 3.8) is 0 Å². The zero-order chi connectivity index (χ0) is 22.1. The molecular weight excluding hydrogens is 410 g/mol. The Labute approximate surface area is 186 Å². The molecule has 0 saturated carbocycles. The molecule has 0 unspecified atom stereocenters. The molecule has 1 heterocycles.